The zero-order chi connectivity index (χ0) is 23.6. The summed E-state index contributed by atoms with van der Waals surface area (Å²) in [4.78, 5) is 38.4. The van der Waals surface area contributed by atoms with Crippen LogP contribution in [0.15, 0.2) is 48.5 Å². The molecular formula is C25H29N3O5. The molecule has 2 aromatic rings. The van der Waals surface area contributed by atoms with Crippen molar-refractivity contribution in [3.05, 3.63) is 59.7 Å². The fourth-order valence-corrected chi connectivity index (χ4v) is 4.34. The molecule has 0 bridgehead atoms. The second-order valence-electron chi connectivity index (χ2n) is 9.09. The minimum Gasteiger partial charge on any atom is -0.481 e. The number of ether oxygens (including phenoxy) is 1. The second-order valence-corrected chi connectivity index (χ2v) is 9.09. The van der Waals surface area contributed by atoms with E-state index in [0.717, 1.165) is 22.3 Å². The van der Waals surface area contributed by atoms with Crippen molar-refractivity contribution in [1.82, 2.24) is 15.5 Å². The Bertz CT molecular complexity index is 1020. The first kappa shape index (κ1) is 22.8. The molecule has 2 aliphatic carbocycles. The van der Waals surface area contributed by atoms with E-state index in [4.69, 9.17) is 4.74 Å². The molecule has 1 fully saturated rings. The SMILES string of the molecule is CN(C)C[C@H](NC(=O)OCC1c2ccccc2-c2ccccc21)C(=O)NCC1(C(=O)O)CC1. The first-order valence-corrected chi connectivity index (χ1v) is 11.1. The summed E-state index contributed by atoms with van der Waals surface area (Å²) in [5, 5.41) is 14.6. The lowest BCUT2D eigenvalue weighted by Gasteiger charge is -2.23. The van der Waals surface area contributed by atoms with Crippen LogP contribution in [0.1, 0.15) is 29.9 Å². The number of carboxylic acid groups (broad SMARTS) is 1. The van der Waals surface area contributed by atoms with E-state index >= 15 is 0 Å². The number of amides is 2. The van der Waals surface area contributed by atoms with E-state index < -0.39 is 29.4 Å². The molecule has 8 nitrogen and oxygen atoms in total. The maximum absolute atomic E-state index is 12.7. The number of alkyl carbamates (subject to hydrolysis) is 1. The highest BCUT2D eigenvalue weighted by atomic mass is 16.5. The number of carboxylic acids is 1. The fraction of sp³-hybridized carbons (Fsp3) is 0.400. The van der Waals surface area contributed by atoms with Crippen molar-refractivity contribution in [3.63, 3.8) is 0 Å². The van der Waals surface area contributed by atoms with Crippen molar-refractivity contribution in [2.24, 2.45) is 5.41 Å². The lowest BCUT2D eigenvalue weighted by atomic mass is 9.98. The smallest absolute Gasteiger partial charge is 0.407 e. The molecule has 0 unspecified atom stereocenters. The van der Waals surface area contributed by atoms with Crippen molar-refractivity contribution in [2.75, 3.05) is 33.8 Å². The minimum absolute atomic E-state index is 0.0530. The van der Waals surface area contributed by atoms with Gasteiger partial charge in [-0.05, 0) is 49.2 Å². The second kappa shape index (κ2) is 9.23. The van der Waals surface area contributed by atoms with Gasteiger partial charge in [0.25, 0.3) is 0 Å². The number of carbonyl (C=O) groups is 3. The van der Waals surface area contributed by atoms with Gasteiger partial charge in [-0.15, -0.1) is 0 Å². The Morgan fingerprint density at radius 2 is 1.64 bits per heavy atom. The molecular weight excluding hydrogens is 422 g/mol. The van der Waals surface area contributed by atoms with E-state index in [1.54, 1.807) is 19.0 Å². The number of nitrogens with zero attached hydrogens (tertiary/aromatic N) is 1. The molecule has 33 heavy (non-hydrogen) atoms. The summed E-state index contributed by atoms with van der Waals surface area (Å²) in [5.41, 5.74) is 3.62. The summed E-state index contributed by atoms with van der Waals surface area (Å²) in [6.07, 6.45) is 0.403. The lowest BCUT2D eigenvalue weighted by molar-refractivity contribution is -0.143. The molecule has 0 saturated heterocycles. The predicted molar refractivity (Wildman–Crippen MR) is 123 cm³/mol. The Morgan fingerprint density at radius 3 is 2.15 bits per heavy atom. The van der Waals surface area contributed by atoms with E-state index in [1.807, 2.05) is 36.4 Å². The maximum Gasteiger partial charge on any atom is 0.407 e. The highest BCUT2D eigenvalue weighted by Gasteiger charge is 2.50. The Hall–Kier alpha value is -3.39. The van der Waals surface area contributed by atoms with Crippen molar-refractivity contribution in [2.45, 2.75) is 24.8 Å². The lowest BCUT2D eigenvalue weighted by Crippen LogP contribution is -2.53. The summed E-state index contributed by atoms with van der Waals surface area (Å²) in [7, 11) is 3.58. The number of hydrogen-bond acceptors (Lipinski definition) is 5. The van der Waals surface area contributed by atoms with Crippen LogP contribution in [0.5, 0.6) is 0 Å². The van der Waals surface area contributed by atoms with Crippen molar-refractivity contribution in [3.8, 4) is 11.1 Å². The molecule has 0 spiro atoms. The van der Waals surface area contributed by atoms with Gasteiger partial charge in [0.1, 0.15) is 12.6 Å². The third-order valence-corrected chi connectivity index (χ3v) is 6.41. The Balaban J connectivity index is 1.38. The maximum atomic E-state index is 12.7. The van der Waals surface area contributed by atoms with Crippen LogP contribution in [0, 0.1) is 5.41 Å². The first-order chi connectivity index (χ1) is 15.8. The number of benzene rings is 2. The van der Waals surface area contributed by atoms with E-state index in [9.17, 15) is 19.5 Å². The predicted octanol–water partition coefficient (Wildman–Crippen LogP) is 2.44. The molecule has 0 radical (unpaired) electrons. The third-order valence-electron chi connectivity index (χ3n) is 6.41. The number of nitrogens with one attached hydrogen (secondary N) is 2. The Morgan fingerprint density at radius 1 is 1.06 bits per heavy atom. The van der Waals surface area contributed by atoms with E-state index in [2.05, 4.69) is 22.8 Å². The summed E-state index contributed by atoms with van der Waals surface area (Å²) in [6.45, 7) is 0.464. The van der Waals surface area contributed by atoms with Gasteiger partial charge in [0.15, 0.2) is 0 Å². The molecule has 0 aliphatic heterocycles. The van der Waals surface area contributed by atoms with Gasteiger partial charge in [-0.1, -0.05) is 48.5 Å². The van der Waals surface area contributed by atoms with Gasteiger partial charge in [-0.25, -0.2) is 4.79 Å². The quantitative estimate of drug-likeness (QED) is 0.541. The standard InChI is InChI=1S/C25H29N3O5/c1-28(2)13-21(22(29)26-15-25(11-12-25)23(30)31)27-24(32)33-14-20-18-9-5-3-7-16(18)17-8-4-6-10-19(17)20/h3-10,20-21H,11-15H2,1-2H3,(H,26,29)(H,27,32)(H,30,31)/t21-/m0/s1. The summed E-state index contributed by atoms with van der Waals surface area (Å²) in [6, 6.07) is 15.3. The molecule has 1 atom stereocenters. The Labute approximate surface area is 192 Å². The van der Waals surface area contributed by atoms with E-state index in [1.165, 1.54) is 0 Å². The average molecular weight is 452 g/mol. The van der Waals surface area contributed by atoms with Crippen molar-refractivity contribution in [1.29, 1.82) is 0 Å². The van der Waals surface area contributed by atoms with Gasteiger partial charge in [0.2, 0.25) is 5.91 Å². The molecule has 0 heterocycles. The summed E-state index contributed by atoms with van der Waals surface area (Å²) in [5.74, 6) is -1.41. The number of aliphatic carboxylic acids is 1. The fourth-order valence-electron chi connectivity index (χ4n) is 4.34. The molecule has 2 amide bonds. The highest BCUT2D eigenvalue weighted by molar-refractivity contribution is 5.87. The zero-order valence-corrected chi connectivity index (χ0v) is 18.8. The van der Waals surface area contributed by atoms with Crippen LogP contribution in [0.3, 0.4) is 0 Å². The van der Waals surface area contributed by atoms with Crippen LogP contribution in [-0.2, 0) is 14.3 Å². The van der Waals surface area contributed by atoms with Crippen LogP contribution in [0.25, 0.3) is 11.1 Å². The molecule has 8 heteroatoms. The van der Waals surface area contributed by atoms with Crippen LogP contribution >= 0.6 is 0 Å². The normalized spacial score (nSPS) is 16.5. The molecule has 174 valence electrons. The van der Waals surface area contributed by atoms with Crippen LogP contribution in [-0.4, -0.2) is 67.8 Å². The van der Waals surface area contributed by atoms with Gasteiger partial charge >= 0.3 is 12.1 Å². The molecule has 4 rings (SSSR count). The molecule has 0 aromatic heterocycles. The largest absolute Gasteiger partial charge is 0.481 e. The molecule has 3 N–H and O–H groups in total. The first-order valence-electron chi connectivity index (χ1n) is 11.1. The van der Waals surface area contributed by atoms with Crippen molar-refractivity contribution < 1.29 is 24.2 Å². The number of carbonyl (C=O) groups excluding carboxylic acids is 2. The number of rotatable bonds is 9. The number of hydrogen-bond donors (Lipinski definition) is 3. The van der Waals surface area contributed by atoms with E-state index in [0.29, 0.717) is 12.8 Å². The van der Waals surface area contributed by atoms with Gasteiger partial charge in [0, 0.05) is 19.0 Å². The van der Waals surface area contributed by atoms with Gasteiger partial charge in [-0.2, -0.15) is 0 Å². The van der Waals surface area contributed by atoms with E-state index in [-0.39, 0.29) is 25.6 Å². The molecule has 1 saturated carbocycles. The minimum atomic E-state index is -0.906. The van der Waals surface area contributed by atoms with Crippen molar-refractivity contribution >= 4 is 18.0 Å². The van der Waals surface area contributed by atoms with Gasteiger partial charge < -0.3 is 25.4 Å². The average Bonchev–Trinajstić information content (AvgIpc) is 3.52. The number of fused-ring (bicyclic) bond motifs is 3. The van der Waals surface area contributed by atoms with Crippen LogP contribution in [0.4, 0.5) is 4.79 Å². The topological polar surface area (TPSA) is 108 Å². The zero-order valence-electron chi connectivity index (χ0n) is 18.8. The third kappa shape index (κ3) is 4.85. The van der Waals surface area contributed by atoms with Gasteiger partial charge in [-0.3, -0.25) is 9.59 Å². The van der Waals surface area contributed by atoms with Crippen LogP contribution in [0.2, 0.25) is 0 Å². The Kier molecular flexibility index (Phi) is 6.37. The van der Waals surface area contributed by atoms with Gasteiger partial charge in [0.05, 0.1) is 5.41 Å². The monoisotopic (exact) mass is 451 g/mol. The highest BCUT2D eigenvalue weighted by Crippen LogP contribution is 2.45. The number of likely N-dealkylation sites (N-methyl/N-ethyl adjacent to an activating group) is 1. The van der Waals surface area contributed by atoms with Crippen LogP contribution < -0.4 is 10.6 Å². The molecule has 2 aliphatic rings. The molecule has 2 aromatic carbocycles. The summed E-state index contributed by atoms with van der Waals surface area (Å²) < 4.78 is 5.56. The summed E-state index contributed by atoms with van der Waals surface area (Å²) >= 11 is 0.